The van der Waals surface area contributed by atoms with E-state index in [0.717, 1.165) is 36.2 Å². The molecule has 134 valence electrons. The average Bonchev–Trinajstić information content (AvgIpc) is 2.98. The Balaban J connectivity index is 1.90. The summed E-state index contributed by atoms with van der Waals surface area (Å²) in [6.07, 6.45) is 2.77. The van der Waals surface area contributed by atoms with Gasteiger partial charge >= 0.3 is 0 Å². The third kappa shape index (κ3) is 3.46. The molecule has 0 bridgehead atoms. The fourth-order valence-electron chi connectivity index (χ4n) is 3.80. The standard InChI is InChI=1S/C20H27N3O2/c1-5-16-10-14(3)12-22(16)20(25)17-8-9-19(24)23(21-17)18-11-13(2)6-7-15(18)4/h6-7,11,14,16H,5,8-10,12H2,1-4H3/t14-,16-/m1/s1. The molecular weight excluding hydrogens is 314 g/mol. The van der Waals surface area contributed by atoms with E-state index in [1.165, 1.54) is 5.01 Å². The summed E-state index contributed by atoms with van der Waals surface area (Å²) in [5.41, 5.74) is 3.34. The first-order valence-electron chi connectivity index (χ1n) is 9.19. The molecule has 0 N–H and O–H groups in total. The highest BCUT2D eigenvalue weighted by Gasteiger charge is 2.36. The van der Waals surface area contributed by atoms with Gasteiger partial charge in [0.1, 0.15) is 5.71 Å². The summed E-state index contributed by atoms with van der Waals surface area (Å²) in [5, 5.41) is 5.91. The fourth-order valence-corrected chi connectivity index (χ4v) is 3.80. The van der Waals surface area contributed by atoms with Gasteiger partial charge in [0.2, 0.25) is 5.91 Å². The van der Waals surface area contributed by atoms with Crippen LogP contribution < -0.4 is 5.01 Å². The van der Waals surface area contributed by atoms with Crippen molar-refractivity contribution in [3.05, 3.63) is 29.3 Å². The number of rotatable bonds is 3. The summed E-state index contributed by atoms with van der Waals surface area (Å²) < 4.78 is 0. The highest BCUT2D eigenvalue weighted by atomic mass is 16.2. The Labute approximate surface area is 149 Å². The van der Waals surface area contributed by atoms with E-state index in [1.807, 2.05) is 36.9 Å². The van der Waals surface area contributed by atoms with Gasteiger partial charge in [-0.2, -0.15) is 5.10 Å². The summed E-state index contributed by atoms with van der Waals surface area (Å²) in [7, 11) is 0. The number of hydrogen-bond acceptors (Lipinski definition) is 3. The molecule has 0 saturated carbocycles. The van der Waals surface area contributed by atoms with Crippen LogP contribution >= 0.6 is 0 Å². The molecule has 0 spiro atoms. The van der Waals surface area contributed by atoms with Gasteiger partial charge in [-0.15, -0.1) is 0 Å². The molecule has 2 aliphatic rings. The number of hydrazone groups is 1. The van der Waals surface area contributed by atoms with E-state index < -0.39 is 0 Å². The topological polar surface area (TPSA) is 53.0 Å². The van der Waals surface area contributed by atoms with E-state index in [1.54, 1.807) is 0 Å². The second kappa shape index (κ2) is 6.98. The largest absolute Gasteiger partial charge is 0.334 e. The lowest BCUT2D eigenvalue weighted by atomic mass is 10.1. The lowest BCUT2D eigenvalue weighted by Gasteiger charge is -2.28. The first-order valence-corrected chi connectivity index (χ1v) is 9.19. The quantitative estimate of drug-likeness (QED) is 0.846. The molecule has 3 rings (SSSR count). The molecule has 2 heterocycles. The van der Waals surface area contributed by atoms with Crippen LogP contribution in [-0.4, -0.2) is 35.0 Å². The molecule has 1 fully saturated rings. The Kier molecular flexibility index (Phi) is 4.93. The van der Waals surface area contributed by atoms with Crippen molar-refractivity contribution in [2.75, 3.05) is 11.6 Å². The number of nitrogens with zero attached hydrogens (tertiary/aromatic N) is 3. The van der Waals surface area contributed by atoms with E-state index in [2.05, 4.69) is 18.9 Å². The molecular formula is C20H27N3O2. The molecule has 0 radical (unpaired) electrons. The zero-order valence-corrected chi connectivity index (χ0v) is 15.6. The third-order valence-corrected chi connectivity index (χ3v) is 5.23. The zero-order chi connectivity index (χ0) is 18.1. The minimum Gasteiger partial charge on any atom is -0.334 e. The van der Waals surface area contributed by atoms with Gasteiger partial charge in [0.05, 0.1) is 5.69 Å². The van der Waals surface area contributed by atoms with E-state index in [4.69, 9.17) is 0 Å². The van der Waals surface area contributed by atoms with Crippen molar-refractivity contribution < 1.29 is 9.59 Å². The molecule has 0 aromatic heterocycles. The maximum atomic E-state index is 13.0. The van der Waals surface area contributed by atoms with Gasteiger partial charge in [-0.3, -0.25) is 9.59 Å². The number of aryl methyl sites for hydroxylation is 2. The minimum absolute atomic E-state index is 0.000920. The first kappa shape index (κ1) is 17.6. The van der Waals surface area contributed by atoms with Crippen molar-refractivity contribution in [2.24, 2.45) is 11.0 Å². The number of hydrogen-bond donors (Lipinski definition) is 0. The Morgan fingerprint density at radius 1 is 1.28 bits per heavy atom. The summed E-state index contributed by atoms with van der Waals surface area (Å²) in [4.78, 5) is 27.4. The maximum absolute atomic E-state index is 13.0. The molecule has 0 unspecified atom stereocenters. The third-order valence-electron chi connectivity index (χ3n) is 5.23. The van der Waals surface area contributed by atoms with E-state index in [0.29, 0.717) is 24.5 Å². The van der Waals surface area contributed by atoms with Gasteiger partial charge in [-0.25, -0.2) is 5.01 Å². The summed E-state index contributed by atoms with van der Waals surface area (Å²) in [6.45, 7) is 9.05. The van der Waals surface area contributed by atoms with Gasteiger partial charge in [0, 0.05) is 25.4 Å². The van der Waals surface area contributed by atoms with Crippen LogP contribution in [0.3, 0.4) is 0 Å². The number of carbonyl (C=O) groups excluding carboxylic acids is 2. The van der Waals surface area contributed by atoms with Crippen LogP contribution in [0.5, 0.6) is 0 Å². The highest BCUT2D eigenvalue weighted by molar-refractivity contribution is 6.40. The van der Waals surface area contributed by atoms with Crippen LogP contribution in [0.1, 0.15) is 50.7 Å². The van der Waals surface area contributed by atoms with Gasteiger partial charge < -0.3 is 4.90 Å². The predicted molar refractivity (Wildman–Crippen MR) is 99.6 cm³/mol. The molecule has 1 aromatic rings. The Hall–Kier alpha value is -2.17. The molecule has 1 saturated heterocycles. The molecule has 25 heavy (non-hydrogen) atoms. The van der Waals surface area contributed by atoms with Crippen LogP contribution in [0.2, 0.25) is 0 Å². The SMILES string of the molecule is CC[C@@H]1C[C@@H](C)CN1C(=O)C1=NN(c2cc(C)ccc2C)C(=O)CC1. The lowest BCUT2D eigenvalue weighted by Crippen LogP contribution is -2.43. The van der Waals surface area contributed by atoms with Crippen molar-refractivity contribution in [3.63, 3.8) is 0 Å². The molecule has 5 nitrogen and oxygen atoms in total. The van der Waals surface area contributed by atoms with Crippen molar-refractivity contribution in [1.29, 1.82) is 0 Å². The normalized spacial score (nSPS) is 23.8. The summed E-state index contributed by atoms with van der Waals surface area (Å²) in [5.74, 6) is 0.473. The van der Waals surface area contributed by atoms with Gasteiger partial charge in [-0.05, 0) is 49.8 Å². The van der Waals surface area contributed by atoms with Crippen LogP contribution in [0.4, 0.5) is 5.69 Å². The number of anilines is 1. The minimum atomic E-state index is -0.0490. The van der Waals surface area contributed by atoms with Crippen molar-refractivity contribution >= 4 is 23.2 Å². The Morgan fingerprint density at radius 2 is 2.04 bits per heavy atom. The van der Waals surface area contributed by atoms with E-state index >= 15 is 0 Å². The molecule has 0 aliphatic carbocycles. The number of likely N-dealkylation sites (tertiary alicyclic amines) is 1. The average molecular weight is 341 g/mol. The second-order valence-corrected chi connectivity index (χ2v) is 7.40. The molecule has 5 heteroatoms. The monoisotopic (exact) mass is 341 g/mol. The van der Waals surface area contributed by atoms with Crippen LogP contribution in [0.25, 0.3) is 0 Å². The number of benzene rings is 1. The maximum Gasteiger partial charge on any atom is 0.270 e. The smallest absolute Gasteiger partial charge is 0.270 e. The lowest BCUT2D eigenvalue weighted by molar-refractivity contribution is -0.125. The first-order chi connectivity index (χ1) is 11.9. The molecule has 2 amide bonds. The fraction of sp³-hybridized carbons (Fsp3) is 0.550. The van der Waals surface area contributed by atoms with Crippen molar-refractivity contribution in [1.82, 2.24) is 4.90 Å². The zero-order valence-electron chi connectivity index (χ0n) is 15.6. The van der Waals surface area contributed by atoms with E-state index in [9.17, 15) is 9.59 Å². The molecule has 2 aliphatic heterocycles. The van der Waals surface area contributed by atoms with Gasteiger partial charge in [0.15, 0.2) is 0 Å². The number of amides is 2. The van der Waals surface area contributed by atoms with Crippen molar-refractivity contribution in [2.45, 2.75) is 59.4 Å². The van der Waals surface area contributed by atoms with Crippen molar-refractivity contribution in [3.8, 4) is 0 Å². The predicted octanol–water partition coefficient (Wildman–Crippen LogP) is 3.43. The Bertz CT molecular complexity index is 726. The summed E-state index contributed by atoms with van der Waals surface area (Å²) >= 11 is 0. The second-order valence-electron chi connectivity index (χ2n) is 7.40. The Morgan fingerprint density at radius 3 is 2.76 bits per heavy atom. The van der Waals surface area contributed by atoms with Crippen LogP contribution in [0.15, 0.2) is 23.3 Å². The highest BCUT2D eigenvalue weighted by Crippen LogP contribution is 2.28. The molecule has 1 aromatic carbocycles. The van der Waals surface area contributed by atoms with Gasteiger partial charge in [0.25, 0.3) is 5.91 Å². The van der Waals surface area contributed by atoms with E-state index in [-0.39, 0.29) is 17.9 Å². The molecule has 2 atom stereocenters. The van der Waals surface area contributed by atoms with Crippen LogP contribution in [0, 0.1) is 19.8 Å². The van der Waals surface area contributed by atoms with Crippen LogP contribution in [-0.2, 0) is 9.59 Å². The number of carbonyl (C=O) groups is 2. The van der Waals surface area contributed by atoms with Gasteiger partial charge in [-0.1, -0.05) is 26.0 Å². The summed E-state index contributed by atoms with van der Waals surface area (Å²) in [6, 6.07) is 6.24.